The number of hydrogen-bond acceptors (Lipinski definition) is 3. The summed E-state index contributed by atoms with van der Waals surface area (Å²) < 4.78 is 8.29. The molecule has 0 bridgehead atoms. The van der Waals surface area contributed by atoms with Gasteiger partial charge in [0.15, 0.2) is 0 Å². The van der Waals surface area contributed by atoms with Crippen LogP contribution >= 0.6 is 67.8 Å². The molecule has 0 spiro atoms. The minimum absolute atomic E-state index is 0.0713. The van der Waals surface area contributed by atoms with Crippen LogP contribution in [0.3, 0.4) is 0 Å². The number of ether oxygens (including phenoxy) is 1. The number of carbonyl (C=O) groups excluding carboxylic acids is 1. The quantitative estimate of drug-likeness (QED) is 0.308. The van der Waals surface area contributed by atoms with Crippen LogP contribution in [-0.2, 0) is 4.79 Å². The Kier molecular flexibility index (Phi) is 10.0. The molecule has 0 aliphatic rings. The molecule has 8 heteroatoms. The lowest BCUT2D eigenvalue weighted by atomic mass is 10.2. The van der Waals surface area contributed by atoms with Crippen LogP contribution in [0.4, 0.5) is 0 Å². The van der Waals surface area contributed by atoms with E-state index in [-0.39, 0.29) is 12.3 Å². The number of halogens is 3. The number of rotatable bonds is 9. The molecule has 0 fully saturated rings. The number of benzene rings is 1. The highest BCUT2D eigenvalue weighted by Crippen LogP contribution is 2.33. The van der Waals surface area contributed by atoms with Gasteiger partial charge in [-0.2, -0.15) is 0 Å². The highest BCUT2D eigenvalue weighted by molar-refractivity contribution is 14.1. The minimum atomic E-state index is -0.836. The smallest absolute Gasteiger partial charge is 0.303 e. The fourth-order valence-corrected chi connectivity index (χ4v) is 5.95. The van der Waals surface area contributed by atoms with Crippen LogP contribution in [-0.4, -0.2) is 30.1 Å². The highest BCUT2D eigenvalue weighted by Gasteiger charge is 2.20. The maximum atomic E-state index is 12.4. The molecular weight excluding hydrogens is 639 g/mol. The molecule has 5 nitrogen and oxygen atoms in total. The largest absolute Gasteiger partial charge is 0.491 e. The van der Waals surface area contributed by atoms with Crippen LogP contribution < -0.4 is 10.1 Å². The molecule has 0 saturated carbocycles. The number of amides is 1. The molecule has 0 atom stereocenters. The first-order valence-electron chi connectivity index (χ1n) is 7.18. The van der Waals surface area contributed by atoms with E-state index in [0.29, 0.717) is 30.9 Å². The van der Waals surface area contributed by atoms with Gasteiger partial charge in [0, 0.05) is 16.5 Å². The van der Waals surface area contributed by atoms with E-state index in [2.05, 4.69) is 80.0 Å². The van der Waals surface area contributed by atoms with Gasteiger partial charge in [0.1, 0.15) is 5.75 Å². The maximum Gasteiger partial charge on any atom is 0.303 e. The van der Waals surface area contributed by atoms with Gasteiger partial charge in [0.05, 0.1) is 19.3 Å². The predicted octanol–water partition coefficient (Wildman–Crippen LogP) is 4.27. The van der Waals surface area contributed by atoms with Gasteiger partial charge >= 0.3 is 5.97 Å². The molecule has 0 radical (unpaired) electrons. The number of unbranched alkanes of at least 4 members (excludes halogenated alkanes) is 1. The lowest BCUT2D eigenvalue weighted by molar-refractivity contribution is -0.137. The van der Waals surface area contributed by atoms with E-state index in [9.17, 15) is 9.59 Å². The van der Waals surface area contributed by atoms with Crippen molar-refractivity contribution < 1.29 is 19.4 Å². The van der Waals surface area contributed by atoms with Gasteiger partial charge in [-0.3, -0.25) is 9.59 Å². The van der Waals surface area contributed by atoms with Crippen LogP contribution in [0, 0.1) is 10.7 Å². The second-order valence-corrected chi connectivity index (χ2v) is 8.22. The fourth-order valence-electron chi connectivity index (χ4n) is 1.78. The summed E-state index contributed by atoms with van der Waals surface area (Å²) in [5, 5.41) is 11.6. The molecule has 128 valence electrons. The van der Waals surface area contributed by atoms with Crippen molar-refractivity contribution in [2.24, 2.45) is 0 Å². The fraction of sp³-hybridized carbons (Fsp3) is 0.467. The van der Waals surface area contributed by atoms with Crippen molar-refractivity contribution >= 4 is 79.6 Å². The summed E-state index contributed by atoms with van der Waals surface area (Å²) in [6.45, 7) is 3.05. The van der Waals surface area contributed by atoms with Crippen LogP contribution in [0.1, 0.15) is 43.0 Å². The molecule has 1 aromatic rings. The summed E-state index contributed by atoms with van der Waals surface area (Å²) in [5.41, 5.74) is 0.621. The molecule has 1 amide bonds. The first kappa shape index (κ1) is 21.2. The number of aliphatic carboxylic acids is 1. The number of nitrogens with one attached hydrogen (secondary N) is 1. The van der Waals surface area contributed by atoms with E-state index in [1.165, 1.54) is 0 Å². The maximum absolute atomic E-state index is 12.4. The Morgan fingerprint density at radius 3 is 2.52 bits per heavy atom. The first-order chi connectivity index (χ1) is 10.9. The summed E-state index contributed by atoms with van der Waals surface area (Å²) in [4.78, 5) is 22.9. The number of carbonyl (C=O) groups is 2. The third kappa shape index (κ3) is 6.88. The second-order valence-electron chi connectivity index (χ2n) is 4.81. The number of carboxylic acids is 1. The van der Waals surface area contributed by atoms with Crippen LogP contribution in [0.2, 0.25) is 0 Å². The van der Waals surface area contributed by atoms with E-state index in [4.69, 9.17) is 9.84 Å². The van der Waals surface area contributed by atoms with Crippen molar-refractivity contribution in [3.8, 4) is 5.75 Å². The lowest BCUT2D eigenvalue weighted by Gasteiger charge is -2.15. The molecule has 0 aromatic heterocycles. The van der Waals surface area contributed by atoms with Crippen molar-refractivity contribution in [3.63, 3.8) is 0 Å². The molecule has 23 heavy (non-hydrogen) atoms. The van der Waals surface area contributed by atoms with Crippen molar-refractivity contribution in [2.45, 2.75) is 32.6 Å². The van der Waals surface area contributed by atoms with E-state index in [1.807, 2.05) is 6.07 Å². The SMILES string of the molecule is CCCCNC(=O)c1c(I)cc(I)c(OCCCC(=O)O)c1I. The highest BCUT2D eigenvalue weighted by atomic mass is 127. The molecular formula is C15H18I3NO4. The Hall–Kier alpha value is 0.150. The summed E-state index contributed by atoms with van der Waals surface area (Å²) in [6.07, 6.45) is 2.48. The monoisotopic (exact) mass is 657 g/mol. The molecule has 0 aliphatic carbocycles. The molecule has 0 heterocycles. The van der Waals surface area contributed by atoms with E-state index in [1.54, 1.807) is 0 Å². The zero-order valence-electron chi connectivity index (χ0n) is 12.6. The zero-order chi connectivity index (χ0) is 17.4. The average Bonchev–Trinajstić information content (AvgIpc) is 2.45. The summed E-state index contributed by atoms with van der Waals surface area (Å²) >= 11 is 6.45. The van der Waals surface area contributed by atoms with E-state index < -0.39 is 5.97 Å². The van der Waals surface area contributed by atoms with Gasteiger partial charge in [-0.25, -0.2) is 0 Å². The van der Waals surface area contributed by atoms with Gasteiger partial charge in [0.2, 0.25) is 0 Å². The third-order valence-electron chi connectivity index (χ3n) is 2.95. The standard InChI is InChI=1S/C15H18I3NO4/c1-2-3-6-19-15(22)12-9(16)8-10(17)14(13(12)18)23-7-4-5-11(20)21/h8H,2-7H2,1H3,(H,19,22)(H,20,21). The van der Waals surface area contributed by atoms with Crippen LogP contribution in [0.25, 0.3) is 0 Å². The van der Waals surface area contributed by atoms with Crippen LogP contribution in [0.15, 0.2) is 6.07 Å². The Labute approximate surface area is 176 Å². The summed E-state index contributed by atoms with van der Waals surface area (Å²) in [5.74, 6) is -0.284. The van der Waals surface area contributed by atoms with Gasteiger partial charge < -0.3 is 15.2 Å². The van der Waals surface area contributed by atoms with Crippen LogP contribution in [0.5, 0.6) is 5.75 Å². The Bertz CT molecular complexity index is 578. The Morgan fingerprint density at radius 1 is 1.22 bits per heavy atom. The van der Waals surface area contributed by atoms with Crippen molar-refractivity contribution in [1.82, 2.24) is 5.32 Å². The molecule has 0 saturated heterocycles. The molecule has 2 N–H and O–H groups in total. The van der Waals surface area contributed by atoms with E-state index >= 15 is 0 Å². The summed E-state index contributed by atoms with van der Waals surface area (Å²) in [7, 11) is 0. The topological polar surface area (TPSA) is 75.6 Å². The lowest BCUT2D eigenvalue weighted by Crippen LogP contribution is -2.26. The number of carboxylic acid groups (broad SMARTS) is 1. The second kappa shape index (κ2) is 10.9. The first-order valence-corrected chi connectivity index (χ1v) is 10.4. The van der Waals surface area contributed by atoms with Gasteiger partial charge in [-0.15, -0.1) is 0 Å². The van der Waals surface area contributed by atoms with Gasteiger partial charge in [-0.05, 0) is 86.7 Å². The minimum Gasteiger partial charge on any atom is -0.491 e. The van der Waals surface area contributed by atoms with Crippen molar-refractivity contribution in [3.05, 3.63) is 22.3 Å². The Balaban J connectivity index is 2.88. The molecule has 1 aromatic carbocycles. The zero-order valence-corrected chi connectivity index (χ0v) is 19.1. The summed E-state index contributed by atoms with van der Waals surface area (Å²) in [6, 6.07) is 1.91. The van der Waals surface area contributed by atoms with Crippen molar-refractivity contribution in [1.29, 1.82) is 0 Å². The number of hydrogen-bond donors (Lipinski definition) is 2. The molecule has 0 aliphatic heterocycles. The molecule has 0 unspecified atom stereocenters. The van der Waals surface area contributed by atoms with Crippen molar-refractivity contribution in [2.75, 3.05) is 13.2 Å². The van der Waals surface area contributed by atoms with E-state index in [0.717, 1.165) is 23.6 Å². The predicted molar refractivity (Wildman–Crippen MR) is 114 cm³/mol. The average molecular weight is 657 g/mol. The molecule has 1 rings (SSSR count). The Morgan fingerprint density at radius 2 is 1.91 bits per heavy atom. The van der Waals surface area contributed by atoms with Gasteiger partial charge in [-0.1, -0.05) is 13.3 Å². The van der Waals surface area contributed by atoms with Gasteiger partial charge in [0.25, 0.3) is 5.91 Å². The third-order valence-corrected chi connectivity index (χ3v) is 5.63. The normalized spacial score (nSPS) is 10.4.